The van der Waals surface area contributed by atoms with Gasteiger partial charge in [-0.15, -0.1) is 0 Å². The van der Waals surface area contributed by atoms with E-state index in [0.29, 0.717) is 17.7 Å². The molecular weight excluding hydrogens is 240 g/mol. The second kappa shape index (κ2) is 5.61. The van der Waals surface area contributed by atoms with Gasteiger partial charge in [-0.1, -0.05) is 18.2 Å². The van der Waals surface area contributed by atoms with Crippen LogP contribution >= 0.6 is 0 Å². The number of likely N-dealkylation sites (tertiary alicyclic amines) is 1. The van der Waals surface area contributed by atoms with Gasteiger partial charge in [0.25, 0.3) is 0 Å². The minimum atomic E-state index is -0.213. The Morgan fingerprint density at radius 2 is 2.11 bits per heavy atom. The van der Waals surface area contributed by atoms with E-state index in [9.17, 15) is 4.79 Å². The number of ether oxygens (including phenoxy) is 1. The molecule has 1 aromatic carbocycles. The number of hydrogen-bond donors (Lipinski definition) is 1. The van der Waals surface area contributed by atoms with E-state index >= 15 is 0 Å². The largest absolute Gasteiger partial charge is 0.415 e. The van der Waals surface area contributed by atoms with Gasteiger partial charge in [-0.05, 0) is 43.9 Å². The van der Waals surface area contributed by atoms with Crippen LogP contribution in [0.2, 0.25) is 0 Å². The standard InChI is InChI=1S/C15H20N2O2/c18-15(19-13-6-2-1-3-7-13)17-10-8-14-12(11-17)5-4-9-16-14/h1-3,6-7,12,14,16H,4-5,8-11H2/t12-,14-/m0/s1. The lowest BCUT2D eigenvalue weighted by Crippen LogP contribution is -2.53. The number of para-hydroxylation sites is 1. The SMILES string of the molecule is O=C(Oc1ccccc1)N1CC[C@@H]2NCCC[C@H]2C1. The molecule has 2 atom stereocenters. The molecule has 1 amide bonds. The second-order valence-corrected chi connectivity index (χ2v) is 5.38. The summed E-state index contributed by atoms with van der Waals surface area (Å²) in [6, 6.07) is 9.88. The van der Waals surface area contributed by atoms with Crippen molar-refractivity contribution in [1.29, 1.82) is 0 Å². The first-order valence-corrected chi connectivity index (χ1v) is 7.08. The fraction of sp³-hybridized carbons (Fsp3) is 0.533. The van der Waals surface area contributed by atoms with E-state index in [2.05, 4.69) is 5.32 Å². The van der Waals surface area contributed by atoms with Crippen LogP contribution in [0.15, 0.2) is 30.3 Å². The van der Waals surface area contributed by atoms with Crippen LogP contribution < -0.4 is 10.1 Å². The van der Waals surface area contributed by atoms with Crippen molar-refractivity contribution in [3.63, 3.8) is 0 Å². The molecule has 0 aromatic heterocycles. The Balaban J connectivity index is 1.59. The van der Waals surface area contributed by atoms with Crippen molar-refractivity contribution in [2.24, 2.45) is 5.92 Å². The minimum absolute atomic E-state index is 0.213. The van der Waals surface area contributed by atoms with Crippen LogP contribution in [0, 0.1) is 5.92 Å². The quantitative estimate of drug-likeness (QED) is 0.842. The van der Waals surface area contributed by atoms with E-state index in [4.69, 9.17) is 4.74 Å². The van der Waals surface area contributed by atoms with E-state index in [1.54, 1.807) is 0 Å². The fourth-order valence-electron chi connectivity index (χ4n) is 3.06. The summed E-state index contributed by atoms with van der Waals surface area (Å²) in [5.41, 5.74) is 0. The smallest absolute Gasteiger partial charge is 0.410 e. The van der Waals surface area contributed by atoms with Gasteiger partial charge < -0.3 is 15.0 Å². The predicted octanol–water partition coefficient (Wildman–Crippen LogP) is 2.26. The van der Waals surface area contributed by atoms with E-state index in [1.807, 2.05) is 35.2 Å². The van der Waals surface area contributed by atoms with Gasteiger partial charge in [0, 0.05) is 19.1 Å². The van der Waals surface area contributed by atoms with E-state index < -0.39 is 0 Å². The molecule has 2 heterocycles. The minimum Gasteiger partial charge on any atom is -0.410 e. The van der Waals surface area contributed by atoms with Gasteiger partial charge in [0.15, 0.2) is 0 Å². The number of carbonyl (C=O) groups excluding carboxylic acids is 1. The third-order valence-corrected chi connectivity index (χ3v) is 4.10. The van der Waals surface area contributed by atoms with Crippen LogP contribution in [0.3, 0.4) is 0 Å². The van der Waals surface area contributed by atoms with E-state index in [0.717, 1.165) is 26.1 Å². The molecule has 3 rings (SSSR count). The summed E-state index contributed by atoms with van der Waals surface area (Å²) in [6.45, 7) is 2.73. The number of rotatable bonds is 1. The van der Waals surface area contributed by atoms with Crippen molar-refractivity contribution in [2.45, 2.75) is 25.3 Å². The molecule has 1 N–H and O–H groups in total. The normalized spacial score (nSPS) is 26.6. The number of nitrogens with one attached hydrogen (secondary N) is 1. The van der Waals surface area contributed by atoms with Gasteiger partial charge in [-0.2, -0.15) is 0 Å². The lowest BCUT2D eigenvalue weighted by Gasteiger charge is -2.41. The molecule has 4 nitrogen and oxygen atoms in total. The van der Waals surface area contributed by atoms with Crippen LogP contribution in [0.25, 0.3) is 0 Å². The summed E-state index contributed by atoms with van der Waals surface area (Å²) < 4.78 is 5.40. The van der Waals surface area contributed by atoms with Crippen molar-refractivity contribution >= 4 is 6.09 Å². The molecule has 102 valence electrons. The van der Waals surface area contributed by atoms with Gasteiger partial charge in [0.05, 0.1) is 0 Å². The van der Waals surface area contributed by atoms with Crippen molar-refractivity contribution in [1.82, 2.24) is 10.2 Å². The van der Waals surface area contributed by atoms with Gasteiger partial charge in [-0.3, -0.25) is 0 Å². The van der Waals surface area contributed by atoms with Crippen molar-refractivity contribution in [2.75, 3.05) is 19.6 Å². The van der Waals surface area contributed by atoms with Crippen molar-refractivity contribution < 1.29 is 9.53 Å². The zero-order valence-electron chi connectivity index (χ0n) is 11.0. The molecule has 2 aliphatic heterocycles. The maximum Gasteiger partial charge on any atom is 0.415 e. The summed E-state index contributed by atoms with van der Waals surface area (Å²) in [6.07, 6.45) is 3.25. The summed E-state index contributed by atoms with van der Waals surface area (Å²) in [7, 11) is 0. The zero-order valence-corrected chi connectivity index (χ0v) is 11.0. The summed E-state index contributed by atoms with van der Waals surface area (Å²) in [5, 5.41) is 3.55. The van der Waals surface area contributed by atoms with Gasteiger partial charge in [0.2, 0.25) is 0 Å². The molecule has 4 heteroatoms. The highest BCUT2D eigenvalue weighted by Crippen LogP contribution is 2.25. The number of carbonyl (C=O) groups is 1. The maximum atomic E-state index is 12.1. The summed E-state index contributed by atoms with van der Waals surface area (Å²) in [4.78, 5) is 14.0. The highest BCUT2D eigenvalue weighted by atomic mass is 16.6. The van der Waals surface area contributed by atoms with Crippen LogP contribution in [-0.2, 0) is 0 Å². The van der Waals surface area contributed by atoms with E-state index in [-0.39, 0.29) is 6.09 Å². The Labute approximate surface area is 113 Å². The molecule has 1 aromatic rings. The molecule has 2 saturated heterocycles. The molecule has 0 aliphatic carbocycles. The van der Waals surface area contributed by atoms with Crippen LogP contribution in [0.4, 0.5) is 4.79 Å². The van der Waals surface area contributed by atoms with Crippen LogP contribution in [0.1, 0.15) is 19.3 Å². The molecule has 0 saturated carbocycles. The zero-order chi connectivity index (χ0) is 13.1. The predicted molar refractivity (Wildman–Crippen MR) is 73.2 cm³/mol. The number of piperidine rings is 2. The monoisotopic (exact) mass is 260 g/mol. The maximum absolute atomic E-state index is 12.1. The average molecular weight is 260 g/mol. The number of nitrogens with zero attached hydrogens (tertiary/aromatic N) is 1. The third kappa shape index (κ3) is 2.89. The van der Waals surface area contributed by atoms with Crippen molar-refractivity contribution in [3.05, 3.63) is 30.3 Å². The molecule has 0 bridgehead atoms. The Morgan fingerprint density at radius 1 is 1.26 bits per heavy atom. The highest BCUT2D eigenvalue weighted by molar-refractivity contribution is 5.70. The number of amides is 1. The first kappa shape index (κ1) is 12.5. The molecule has 0 radical (unpaired) electrons. The lowest BCUT2D eigenvalue weighted by molar-refractivity contribution is 0.0994. The Kier molecular flexibility index (Phi) is 3.69. The molecule has 2 fully saturated rings. The van der Waals surface area contributed by atoms with Gasteiger partial charge in [0.1, 0.15) is 5.75 Å². The second-order valence-electron chi connectivity index (χ2n) is 5.38. The summed E-state index contributed by atoms with van der Waals surface area (Å²) in [5.74, 6) is 1.21. The molecule has 19 heavy (non-hydrogen) atoms. The number of benzene rings is 1. The molecule has 2 aliphatic rings. The van der Waals surface area contributed by atoms with Gasteiger partial charge >= 0.3 is 6.09 Å². The molecule has 0 unspecified atom stereocenters. The first-order valence-electron chi connectivity index (χ1n) is 7.08. The van der Waals surface area contributed by atoms with Crippen LogP contribution in [-0.4, -0.2) is 36.7 Å². The number of hydrogen-bond acceptors (Lipinski definition) is 3. The Morgan fingerprint density at radius 3 is 2.95 bits per heavy atom. The molecular formula is C15H20N2O2. The third-order valence-electron chi connectivity index (χ3n) is 4.10. The molecule has 0 spiro atoms. The fourth-order valence-corrected chi connectivity index (χ4v) is 3.06. The van der Waals surface area contributed by atoms with Crippen molar-refractivity contribution in [3.8, 4) is 5.75 Å². The Bertz CT molecular complexity index is 435. The number of fused-ring (bicyclic) bond motifs is 1. The summed E-state index contributed by atoms with van der Waals surface area (Å²) >= 11 is 0. The average Bonchev–Trinajstić information content (AvgIpc) is 2.48. The van der Waals surface area contributed by atoms with Crippen LogP contribution in [0.5, 0.6) is 5.75 Å². The van der Waals surface area contributed by atoms with Gasteiger partial charge in [-0.25, -0.2) is 4.79 Å². The van der Waals surface area contributed by atoms with E-state index in [1.165, 1.54) is 12.8 Å². The topological polar surface area (TPSA) is 41.6 Å². The lowest BCUT2D eigenvalue weighted by atomic mass is 9.85. The first-order chi connectivity index (χ1) is 9.33. The Hall–Kier alpha value is -1.55. The highest BCUT2D eigenvalue weighted by Gasteiger charge is 2.33.